The Kier molecular flexibility index (Phi) is 6.24. The summed E-state index contributed by atoms with van der Waals surface area (Å²) in [6.07, 6.45) is 0. The topological polar surface area (TPSA) is 76.8 Å². The van der Waals surface area contributed by atoms with Crippen molar-refractivity contribution >= 4 is 34.7 Å². The lowest BCUT2D eigenvalue weighted by atomic mass is 10.0. The van der Waals surface area contributed by atoms with E-state index in [0.29, 0.717) is 21.9 Å². The number of hydrogen-bond acceptors (Lipinski definition) is 5. The van der Waals surface area contributed by atoms with Gasteiger partial charge in [-0.2, -0.15) is 0 Å². The number of benzene rings is 2. The van der Waals surface area contributed by atoms with Crippen molar-refractivity contribution in [3.63, 3.8) is 0 Å². The second kappa shape index (κ2) is 9.06. The largest absolute Gasteiger partial charge is 0.325 e. The first-order chi connectivity index (χ1) is 14.5. The molecule has 8 heteroatoms. The molecule has 0 aliphatic carbocycles. The molecular formula is C22H22ClN5OS. The number of aromatic nitrogens is 3. The summed E-state index contributed by atoms with van der Waals surface area (Å²) in [5.41, 5.74) is 4.59. The summed E-state index contributed by atoms with van der Waals surface area (Å²) < 4.78 is 3.37. The van der Waals surface area contributed by atoms with Crippen LogP contribution in [0.1, 0.15) is 0 Å². The third-order valence-electron chi connectivity index (χ3n) is 4.65. The summed E-state index contributed by atoms with van der Waals surface area (Å²) in [6, 6.07) is 18.3. The Morgan fingerprint density at radius 1 is 1.00 bits per heavy atom. The summed E-state index contributed by atoms with van der Waals surface area (Å²) >= 11 is 8.02. The minimum atomic E-state index is -0.296. The summed E-state index contributed by atoms with van der Waals surface area (Å²) in [6.45, 7) is 1.93. The molecule has 0 saturated carbocycles. The van der Waals surface area contributed by atoms with Crippen LogP contribution in [0.25, 0.3) is 33.5 Å². The minimum absolute atomic E-state index is 0.296. The molecule has 4 rings (SSSR count). The van der Waals surface area contributed by atoms with E-state index in [1.54, 1.807) is 18.0 Å². The fraction of sp³-hybridized carbons (Fsp3) is 0.182. The first-order valence-electron chi connectivity index (χ1n) is 9.53. The number of rotatable bonds is 7. The Morgan fingerprint density at radius 2 is 1.63 bits per heavy atom. The molecule has 0 atom stereocenters. The van der Waals surface area contributed by atoms with Crippen molar-refractivity contribution < 1.29 is 0 Å². The zero-order valence-corrected chi connectivity index (χ0v) is 18.3. The van der Waals surface area contributed by atoms with Gasteiger partial charge in [0, 0.05) is 23.5 Å². The molecule has 2 heterocycles. The van der Waals surface area contributed by atoms with Crippen LogP contribution in [-0.2, 0) is 0 Å². The maximum atomic E-state index is 11.5. The van der Waals surface area contributed by atoms with E-state index < -0.39 is 0 Å². The number of aromatic amines is 2. The van der Waals surface area contributed by atoms with E-state index in [-0.39, 0.29) is 5.69 Å². The van der Waals surface area contributed by atoms with Crippen LogP contribution in [0.15, 0.2) is 64.3 Å². The van der Waals surface area contributed by atoms with Gasteiger partial charge in [0.2, 0.25) is 0 Å². The fourth-order valence-electron chi connectivity index (χ4n) is 3.08. The van der Waals surface area contributed by atoms with Gasteiger partial charge in [0.15, 0.2) is 5.65 Å². The van der Waals surface area contributed by atoms with Gasteiger partial charge in [0.05, 0.1) is 16.2 Å². The van der Waals surface area contributed by atoms with E-state index in [0.717, 1.165) is 29.8 Å². The van der Waals surface area contributed by atoms with Crippen LogP contribution in [0, 0.1) is 0 Å². The number of imidazole rings is 1. The maximum absolute atomic E-state index is 11.5. The first kappa shape index (κ1) is 20.7. The smallest absolute Gasteiger partial charge is 0.308 e. The van der Waals surface area contributed by atoms with E-state index in [9.17, 15) is 4.79 Å². The number of pyridine rings is 1. The van der Waals surface area contributed by atoms with Crippen molar-refractivity contribution in [1.29, 1.82) is 0 Å². The van der Waals surface area contributed by atoms with Gasteiger partial charge in [-0.1, -0.05) is 48.0 Å². The predicted octanol–water partition coefficient (Wildman–Crippen LogP) is 4.40. The summed E-state index contributed by atoms with van der Waals surface area (Å²) in [7, 11) is 4.13. The second-order valence-corrected chi connectivity index (χ2v) is 8.57. The zero-order chi connectivity index (χ0) is 21.1. The molecule has 0 amide bonds. The zero-order valence-electron chi connectivity index (χ0n) is 16.7. The molecule has 30 heavy (non-hydrogen) atoms. The maximum Gasteiger partial charge on any atom is 0.325 e. The number of halogens is 1. The van der Waals surface area contributed by atoms with Crippen LogP contribution in [0.3, 0.4) is 0 Å². The highest BCUT2D eigenvalue weighted by atomic mass is 35.5. The summed E-state index contributed by atoms with van der Waals surface area (Å²) in [4.78, 5) is 24.6. The second-order valence-electron chi connectivity index (χ2n) is 7.20. The van der Waals surface area contributed by atoms with Gasteiger partial charge in [0.25, 0.3) is 0 Å². The molecule has 4 aromatic rings. The molecule has 0 aliphatic heterocycles. The van der Waals surface area contributed by atoms with Gasteiger partial charge in [-0.3, -0.25) is 9.71 Å². The van der Waals surface area contributed by atoms with E-state index in [2.05, 4.69) is 75.1 Å². The van der Waals surface area contributed by atoms with Crippen LogP contribution < -0.4 is 10.4 Å². The lowest BCUT2D eigenvalue weighted by Crippen LogP contribution is -2.22. The monoisotopic (exact) mass is 439 g/mol. The number of fused-ring (bicyclic) bond motifs is 1. The highest BCUT2D eigenvalue weighted by molar-refractivity contribution is 7.97. The molecule has 0 fully saturated rings. The summed E-state index contributed by atoms with van der Waals surface area (Å²) in [5.74, 6) is 0. The molecule has 0 unspecified atom stereocenters. The van der Waals surface area contributed by atoms with Crippen LogP contribution in [0.2, 0.25) is 5.02 Å². The van der Waals surface area contributed by atoms with E-state index in [1.807, 2.05) is 12.1 Å². The SMILES string of the molecule is CN(C)CCNSc1ccc(-c2ccc(-c3nc4[nH]c(=O)[nH]c4cc3Cl)cc2)cc1. The molecule has 0 bridgehead atoms. The highest BCUT2D eigenvalue weighted by Gasteiger charge is 2.10. The average molecular weight is 440 g/mol. The Balaban J connectivity index is 1.48. The van der Waals surface area contributed by atoms with Gasteiger partial charge in [-0.15, -0.1) is 0 Å². The molecule has 2 aromatic carbocycles. The minimum Gasteiger partial charge on any atom is -0.308 e. The van der Waals surface area contributed by atoms with Crippen LogP contribution in [0.5, 0.6) is 0 Å². The van der Waals surface area contributed by atoms with Crippen molar-refractivity contribution in [1.82, 2.24) is 24.6 Å². The van der Waals surface area contributed by atoms with Crippen molar-refractivity contribution in [2.24, 2.45) is 0 Å². The number of nitrogens with one attached hydrogen (secondary N) is 3. The van der Waals surface area contributed by atoms with Crippen LogP contribution >= 0.6 is 23.5 Å². The van der Waals surface area contributed by atoms with E-state index in [4.69, 9.17) is 11.6 Å². The lowest BCUT2D eigenvalue weighted by molar-refractivity contribution is 0.415. The number of H-pyrrole nitrogens is 2. The van der Waals surface area contributed by atoms with Crippen molar-refractivity contribution in [2.45, 2.75) is 4.90 Å². The molecule has 6 nitrogen and oxygen atoms in total. The van der Waals surface area contributed by atoms with Crippen LogP contribution in [0.4, 0.5) is 0 Å². The summed E-state index contributed by atoms with van der Waals surface area (Å²) in [5, 5.41) is 0.494. The molecular weight excluding hydrogens is 418 g/mol. The molecule has 3 N–H and O–H groups in total. The van der Waals surface area contributed by atoms with Gasteiger partial charge < -0.3 is 9.88 Å². The number of nitrogens with zero attached hydrogens (tertiary/aromatic N) is 2. The fourth-order valence-corrected chi connectivity index (χ4v) is 3.98. The lowest BCUT2D eigenvalue weighted by Gasteiger charge is -2.10. The average Bonchev–Trinajstić information content (AvgIpc) is 3.10. The van der Waals surface area contributed by atoms with Gasteiger partial charge in [-0.25, -0.2) is 9.78 Å². The number of likely N-dealkylation sites (N-methyl/N-ethyl adjacent to an activating group) is 1. The van der Waals surface area contributed by atoms with Crippen LogP contribution in [-0.4, -0.2) is 47.0 Å². The molecule has 2 aromatic heterocycles. The molecule has 154 valence electrons. The van der Waals surface area contributed by atoms with Gasteiger partial charge >= 0.3 is 5.69 Å². The van der Waals surface area contributed by atoms with E-state index in [1.165, 1.54) is 4.90 Å². The van der Waals surface area contributed by atoms with Crippen molar-refractivity contribution in [3.05, 3.63) is 70.1 Å². The van der Waals surface area contributed by atoms with Crippen molar-refractivity contribution in [3.8, 4) is 22.4 Å². The van der Waals surface area contributed by atoms with E-state index >= 15 is 0 Å². The highest BCUT2D eigenvalue weighted by Crippen LogP contribution is 2.30. The molecule has 0 saturated heterocycles. The quantitative estimate of drug-likeness (QED) is 0.294. The molecule has 0 aliphatic rings. The first-order valence-corrected chi connectivity index (χ1v) is 10.7. The van der Waals surface area contributed by atoms with Crippen molar-refractivity contribution in [2.75, 3.05) is 27.2 Å². The van der Waals surface area contributed by atoms with Gasteiger partial charge in [0.1, 0.15) is 0 Å². The predicted molar refractivity (Wildman–Crippen MR) is 125 cm³/mol. The third kappa shape index (κ3) is 4.76. The third-order valence-corrected chi connectivity index (χ3v) is 5.80. The number of hydrogen-bond donors (Lipinski definition) is 3. The molecule has 0 radical (unpaired) electrons. The Hall–Kier alpha value is -2.58. The molecule has 0 spiro atoms. The Morgan fingerprint density at radius 3 is 2.30 bits per heavy atom. The van der Waals surface area contributed by atoms with Gasteiger partial charge in [-0.05, 0) is 55.4 Å². The normalized spacial score (nSPS) is 11.5. The standard InChI is InChI=1S/C22H22ClN5OS/c1-28(2)12-11-24-30-17-9-7-15(8-10-17)14-3-5-16(6-4-14)20-18(23)13-19-21(26-20)27-22(29)25-19/h3-10,13,24H,11-12H2,1-2H3,(H2,25,26,27,29). The Bertz CT molecular complexity index is 1200. The Labute approximate surface area is 183 Å².